The Morgan fingerprint density at radius 3 is 2.73 bits per heavy atom. The van der Waals surface area contributed by atoms with Gasteiger partial charge in [-0.05, 0) is 51.8 Å². The Morgan fingerprint density at radius 2 is 2.00 bits per heavy atom. The van der Waals surface area contributed by atoms with E-state index < -0.39 is 0 Å². The minimum absolute atomic E-state index is 0.0720. The highest BCUT2D eigenvalue weighted by atomic mass is 16.5. The van der Waals surface area contributed by atoms with Crippen molar-refractivity contribution in [2.24, 2.45) is 0 Å². The Morgan fingerprint density at radius 1 is 1.23 bits per heavy atom. The Balaban J connectivity index is 1.88. The first-order chi connectivity index (χ1) is 12.6. The summed E-state index contributed by atoms with van der Waals surface area (Å²) in [7, 11) is 3.92. The molecule has 0 N–H and O–H groups in total. The zero-order valence-corrected chi connectivity index (χ0v) is 16.6. The summed E-state index contributed by atoms with van der Waals surface area (Å²) < 4.78 is 5.19. The number of amides is 1. The normalized spacial score (nSPS) is 29.9. The molecule has 26 heavy (non-hydrogen) atoms. The van der Waals surface area contributed by atoms with Crippen molar-refractivity contribution >= 4 is 5.91 Å². The first-order valence-electron chi connectivity index (χ1n) is 10.1. The minimum atomic E-state index is 0.0720. The van der Waals surface area contributed by atoms with Gasteiger partial charge in [-0.2, -0.15) is 0 Å². The van der Waals surface area contributed by atoms with Gasteiger partial charge < -0.3 is 9.64 Å². The molecule has 4 heteroatoms. The molecule has 0 aromatic heterocycles. The fraction of sp³-hybridized carbons (Fsp3) is 0.682. The second-order valence-corrected chi connectivity index (χ2v) is 8.24. The second kappa shape index (κ2) is 8.53. The maximum Gasteiger partial charge on any atom is 0.225 e. The molecule has 1 aromatic carbocycles. The average Bonchev–Trinajstić information content (AvgIpc) is 2.91. The van der Waals surface area contributed by atoms with E-state index in [-0.39, 0.29) is 17.5 Å². The van der Waals surface area contributed by atoms with Crippen LogP contribution in [-0.2, 0) is 16.0 Å². The van der Waals surface area contributed by atoms with E-state index in [1.807, 2.05) is 0 Å². The third-order valence-electron chi connectivity index (χ3n) is 6.56. The molecule has 0 radical (unpaired) electrons. The van der Waals surface area contributed by atoms with Crippen molar-refractivity contribution < 1.29 is 9.53 Å². The number of hydrogen-bond acceptors (Lipinski definition) is 3. The van der Waals surface area contributed by atoms with Gasteiger partial charge in [0, 0.05) is 18.7 Å². The van der Waals surface area contributed by atoms with Gasteiger partial charge in [0.2, 0.25) is 5.91 Å². The molecule has 0 aliphatic carbocycles. The molecular weight excluding hydrogens is 324 g/mol. The molecule has 2 saturated heterocycles. The molecule has 3 rings (SSSR count). The number of likely N-dealkylation sites (tertiary alicyclic amines) is 2. The number of hydrogen-bond donors (Lipinski definition) is 0. The van der Waals surface area contributed by atoms with Crippen LogP contribution in [0.4, 0.5) is 0 Å². The monoisotopic (exact) mass is 358 g/mol. The van der Waals surface area contributed by atoms with Gasteiger partial charge >= 0.3 is 0 Å². The standard InChI is InChI=1S/C22H34N2O2/c1-22-17-19(16-18-10-6-4-7-11-18)24(21(25)13-15-26-3)20(22)12-8-5-9-14-23(22)2/h4,6-7,10-11,19-20H,5,8-9,12-17H2,1-3H3/t19-,20+,22+/m1/s1. The van der Waals surface area contributed by atoms with E-state index in [1.54, 1.807) is 7.11 Å². The molecule has 1 amide bonds. The third kappa shape index (κ3) is 3.96. The van der Waals surface area contributed by atoms with E-state index in [1.165, 1.54) is 24.8 Å². The molecule has 0 unspecified atom stereocenters. The van der Waals surface area contributed by atoms with Crippen LogP contribution >= 0.6 is 0 Å². The summed E-state index contributed by atoms with van der Waals surface area (Å²) in [6, 6.07) is 11.2. The van der Waals surface area contributed by atoms with Gasteiger partial charge in [0.25, 0.3) is 0 Å². The van der Waals surface area contributed by atoms with E-state index >= 15 is 0 Å². The van der Waals surface area contributed by atoms with Crippen LogP contribution in [-0.4, -0.2) is 60.6 Å². The molecule has 144 valence electrons. The Hall–Kier alpha value is -1.39. The Kier molecular flexibility index (Phi) is 6.36. The molecular formula is C22H34N2O2. The average molecular weight is 359 g/mol. The Bertz CT molecular complexity index is 591. The highest BCUT2D eigenvalue weighted by Crippen LogP contribution is 2.42. The van der Waals surface area contributed by atoms with Crippen LogP contribution in [0.25, 0.3) is 0 Å². The van der Waals surface area contributed by atoms with E-state index in [9.17, 15) is 4.79 Å². The summed E-state index contributed by atoms with van der Waals surface area (Å²) in [5, 5.41) is 0. The molecule has 0 saturated carbocycles. The van der Waals surface area contributed by atoms with Crippen molar-refractivity contribution in [1.82, 2.24) is 9.80 Å². The molecule has 1 aromatic rings. The lowest BCUT2D eigenvalue weighted by molar-refractivity contribution is -0.136. The van der Waals surface area contributed by atoms with Crippen molar-refractivity contribution in [3.63, 3.8) is 0 Å². The molecule has 4 nitrogen and oxygen atoms in total. The summed E-state index contributed by atoms with van der Waals surface area (Å²) >= 11 is 0. The quantitative estimate of drug-likeness (QED) is 0.808. The van der Waals surface area contributed by atoms with Crippen LogP contribution < -0.4 is 0 Å². The van der Waals surface area contributed by atoms with Gasteiger partial charge in [-0.25, -0.2) is 0 Å². The van der Waals surface area contributed by atoms with E-state index in [2.05, 4.69) is 54.1 Å². The number of benzene rings is 1. The summed E-state index contributed by atoms with van der Waals surface area (Å²) in [5.74, 6) is 0.260. The fourth-order valence-corrected chi connectivity index (χ4v) is 5.00. The summed E-state index contributed by atoms with van der Waals surface area (Å²) in [6.07, 6.45) is 7.35. The van der Waals surface area contributed by atoms with Crippen LogP contribution in [0.2, 0.25) is 0 Å². The topological polar surface area (TPSA) is 32.8 Å². The van der Waals surface area contributed by atoms with Gasteiger partial charge in [0.15, 0.2) is 0 Å². The molecule has 2 aliphatic rings. The zero-order valence-electron chi connectivity index (χ0n) is 16.6. The number of carbonyl (C=O) groups is 1. The van der Waals surface area contributed by atoms with Gasteiger partial charge in [-0.1, -0.05) is 43.2 Å². The molecule has 2 aliphatic heterocycles. The fourth-order valence-electron chi connectivity index (χ4n) is 5.00. The van der Waals surface area contributed by atoms with Crippen LogP contribution in [0.3, 0.4) is 0 Å². The maximum atomic E-state index is 13.1. The van der Waals surface area contributed by atoms with Crippen LogP contribution in [0.15, 0.2) is 30.3 Å². The lowest BCUT2D eigenvalue weighted by atomic mass is 9.84. The van der Waals surface area contributed by atoms with Crippen molar-refractivity contribution in [3.05, 3.63) is 35.9 Å². The van der Waals surface area contributed by atoms with E-state index in [4.69, 9.17) is 4.74 Å². The number of methoxy groups -OCH3 is 1. The minimum Gasteiger partial charge on any atom is -0.384 e. The van der Waals surface area contributed by atoms with Crippen molar-refractivity contribution in [3.8, 4) is 0 Å². The van der Waals surface area contributed by atoms with Crippen LogP contribution in [0, 0.1) is 0 Å². The van der Waals surface area contributed by atoms with Gasteiger partial charge in [0.05, 0.1) is 19.1 Å². The molecule has 0 bridgehead atoms. The van der Waals surface area contributed by atoms with Crippen LogP contribution in [0.1, 0.15) is 51.0 Å². The first-order valence-corrected chi connectivity index (χ1v) is 10.1. The third-order valence-corrected chi connectivity index (χ3v) is 6.56. The van der Waals surface area contributed by atoms with Gasteiger partial charge in [-0.15, -0.1) is 0 Å². The van der Waals surface area contributed by atoms with Crippen LogP contribution in [0.5, 0.6) is 0 Å². The number of nitrogens with zero attached hydrogens (tertiary/aromatic N) is 2. The first kappa shape index (κ1) is 19.4. The van der Waals surface area contributed by atoms with Crippen molar-refractivity contribution in [2.75, 3.05) is 27.3 Å². The summed E-state index contributed by atoms with van der Waals surface area (Å²) in [5.41, 5.74) is 1.39. The number of rotatable bonds is 5. The van der Waals surface area contributed by atoms with Crippen molar-refractivity contribution in [1.29, 1.82) is 0 Å². The zero-order chi connectivity index (χ0) is 18.6. The maximum absolute atomic E-state index is 13.1. The molecule has 0 spiro atoms. The Labute approximate surface area is 158 Å². The van der Waals surface area contributed by atoms with Crippen molar-refractivity contribution in [2.45, 2.75) is 69.5 Å². The number of carbonyl (C=O) groups excluding carboxylic acids is 1. The lowest BCUT2D eigenvalue weighted by Gasteiger charge is -2.43. The number of fused-ring (bicyclic) bond motifs is 1. The lowest BCUT2D eigenvalue weighted by Crippen LogP contribution is -2.55. The predicted octanol–water partition coefficient (Wildman–Crippen LogP) is 3.50. The number of ether oxygens (including phenoxy) is 1. The molecule has 2 heterocycles. The SMILES string of the molecule is COCCC(=O)N1[C@H](Cc2ccccc2)C[C@@]2(C)[C@@H]1CCCCCN2C. The summed E-state index contributed by atoms with van der Waals surface area (Å²) in [6.45, 7) is 4.02. The highest BCUT2D eigenvalue weighted by Gasteiger charge is 2.52. The predicted molar refractivity (Wildman–Crippen MR) is 105 cm³/mol. The molecule has 3 atom stereocenters. The van der Waals surface area contributed by atoms with E-state index in [0.717, 1.165) is 25.8 Å². The highest BCUT2D eigenvalue weighted by molar-refractivity contribution is 5.77. The van der Waals surface area contributed by atoms with Gasteiger partial charge in [-0.3, -0.25) is 9.69 Å². The van der Waals surface area contributed by atoms with Gasteiger partial charge in [0.1, 0.15) is 0 Å². The number of likely N-dealkylation sites (N-methyl/N-ethyl adjacent to an activating group) is 1. The smallest absolute Gasteiger partial charge is 0.225 e. The molecule has 2 fully saturated rings. The summed E-state index contributed by atoms with van der Waals surface area (Å²) in [4.78, 5) is 17.9. The largest absolute Gasteiger partial charge is 0.384 e. The second-order valence-electron chi connectivity index (χ2n) is 8.24. The van der Waals surface area contributed by atoms with E-state index in [0.29, 0.717) is 19.1 Å².